The molecule has 144 valence electrons. The molecule has 0 radical (unpaired) electrons. The summed E-state index contributed by atoms with van der Waals surface area (Å²) in [6, 6.07) is 14.1. The highest BCUT2D eigenvalue weighted by molar-refractivity contribution is 8.00. The fraction of sp³-hybridized carbons (Fsp3) is 0.286. The van der Waals surface area contributed by atoms with Crippen LogP contribution in [0.2, 0.25) is 0 Å². The quantitative estimate of drug-likeness (QED) is 0.453. The lowest BCUT2D eigenvalue weighted by Gasteiger charge is -2.20. The van der Waals surface area contributed by atoms with E-state index in [4.69, 9.17) is 0 Å². The van der Waals surface area contributed by atoms with Crippen molar-refractivity contribution in [2.75, 3.05) is 5.32 Å². The van der Waals surface area contributed by atoms with Crippen LogP contribution in [0.5, 0.6) is 0 Å². The minimum Gasteiger partial charge on any atom is -0.325 e. The minimum atomic E-state index is -0.272. The summed E-state index contributed by atoms with van der Waals surface area (Å²) in [6.07, 6.45) is 0. The van der Waals surface area contributed by atoms with E-state index in [-0.39, 0.29) is 17.1 Å². The second-order valence-electron chi connectivity index (χ2n) is 7.19. The van der Waals surface area contributed by atoms with E-state index in [1.165, 1.54) is 11.8 Å². The Balaban J connectivity index is 1.65. The van der Waals surface area contributed by atoms with Crippen LogP contribution >= 0.6 is 23.1 Å². The fourth-order valence-corrected chi connectivity index (χ4v) is 5.19. The van der Waals surface area contributed by atoms with E-state index in [0.29, 0.717) is 0 Å². The lowest BCUT2D eigenvalue weighted by atomic mass is 10.1. The topological polar surface area (TPSA) is 59.3 Å². The number of hydrogen-bond donors (Lipinski definition) is 1. The summed E-state index contributed by atoms with van der Waals surface area (Å²) >= 11 is 3.08. The van der Waals surface area contributed by atoms with E-state index in [9.17, 15) is 4.79 Å². The van der Waals surface area contributed by atoms with E-state index in [1.807, 2.05) is 48.6 Å². The third kappa shape index (κ3) is 3.40. The molecule has 0 unspecified atom stereocenters. The predicted octanol–water partition coefficient (Wildman–Crippen LogP) is 5.32. The Morgan fingerprint density at radius 2 is 1.89 bits per heavy atom. The number of anilines is 1. The number of thiazole rings is 1. The number of rotatable bonds is 5. The average molecular weight is 411 g/mol. The van der Waals surface area contributed by atoms with Gasteiger partial charge in [-0.25, -0.2) is 0 Å². The van der Waals surface area contributed by atoms with Crippen molar-refractivity contribution in [2.24, 2.45) is 5.92 Å². The van der Waals surface area contributed by atoms with E-state index >= 15 is 0 Å². The maximum absolute atomic E-state index is 13.1. The number of amides is 1. The van der Waals surface area contributed by atoms with Crippen LogP contribution in [0.1, 0.15) is 25.0 Å². The number of aromatic nitrogens is 3. The first kappa shape index (κ1) is 19.0. The summed E-state index contributed by atoms with van der Waals surface area (Å²) in [4.78, 5) is 13.9. The van der Waals surface area contributed by atoms with Gasteiger partial charge in [0.25, 0.3) is 0 Å². The SMILES string of the molecule is Cc1cccc(NC(=O)[C@H](Sc2nnc3sc4ccccc4n23)C(C)C)c1C. The molecule has 0 aliphatic rings. The Morgan fingerprint density at radius 3 is 2.68 bits per heavy atom. The van der Waals surface area contributed by atoms with Gasteiger partial charge in [0.15, 0.2) is 5.16 Å². The maximum atomic E-state index is 13.1. The second kappa shape index (κ2) is 7.56. The molecule has 1 amide bonds. The number of para-hydroxylation sites is 1. The number of thioether (sulfide) groups is 1. The lowest BCUT2D eigenvalue weighted by Crippen LogP contribution is -2.30. The van der Waals surface area contributed by atoms with E-state index in [2.05, 4.69) is 41.5 Å². The highest BCUT2D eigenvalue weighted by Crippen LogP contribution is 2.33. The van der Waals surface area contributed by atoms with Gasteiger partial charge in [-0.3, -0.25) is 9.20 Å². The zero-order chi connectivity index (χ0) is 19.8. The molecule has 2 aromatic heterocycles. The molecule has 0 aliphatic carbocycles. The van der Waals surface area contributed by atoms with Crippen LogP contribution in [0.4, 0.5) is 5.69 Å². The molecule has 4 aromatic rings. The van der Waals surface area contributed by atoms with Gasteiger partial charge < -0.3 is 5.32 Å². The molecule has 5 nitrogen and oxygen atoms in total. The summed E-state index contributed by atoms with van der Waals surface area (Å²) in [5, 5.41) is 12.3. The number of nitrogens with zero attached hydrogens (tertiary/aromatic N) is 3. The van der Waals surface area contributed by atoms with Crippen LogP contribution in [-0.4, -0.2) is 25.8 Å². The van der Waals surface area contributed by atoms with Crippen molar-refractivity contribution < 1.29 is 4.79 Å². The van der Waals surface area contributed by atoms with Gasteiger partial charge in [-0.05, 0) is 49.1 Å². The van der Waals surface area contributed by atoms with Gasteiger partial charge in [-0.15, -0.1) is 10.2 Å². The minimum absolute atomic E-state index is 0.00927. The lowest BCUT2D eigenvalue weighted by molar-refractivity contribution is -0.116. The van der Waals surface area contributed by atoms with E-state index in [0.717, 1.165) is 37.1 Å². The molecule has 0 bridgehead atoms. The highest BCUT2D eigenvalue weighted by atomic mass is 32.2. The summed E-state index contributed by atoms with van der Waals surface area (Å²) < 4.78 is 3.21. The molecule has 2 aromatic carbocycles. The largest absolute Gasteiger partial charge is 0.325 e. The Kier molecular flexibility index (Phi) is 5.12. The second-order valence-corrected chi connectivity index (χ2v) is 9.31. The molecular formula is C21H22N4OS2. The van der Waals surface area contributed by atoms with Crippen molar-refractivity contribution in [3.63, 3.8) is 0 Å². The number of nitrogens with one attached hydrogen (secondary N) is 1. The van der Waals surface area contributed by atoms with Crippen LogP contribution in [0, 0.1) is 19.8 Å². The van der Waals surface area contributed by atoms with Gasteiger partial charge in [-0.1, -0.05) is 61.2 Å². The van der Waals surface area contributed by atoms with Crippen molar-refractivity contribution in [1.82, 2.24) is 14.6 Å². The standard InChI is InChI=1S/C21H22N4OS2/c1-12(2)18(19(26)22-15-9-7-8-13(3)14(15)4)28-21-24-23-20-25(21)16-10-5-6-11-17(16)27-20/h5-12,18H,1-4H3,(H,22,26)/t18-/m1/s1. The van der Waals surface area contributed by atoms with Gasteiger partial charge in [0.2, 0.25) is 10.9 Å². The molecule has 28 heavy (non-hydrogen) atoms. The fourth-order valence-electron chi connectivity index (χ4n) is 3.13. The summed E-state index contributed by atoms with van der Waals surface area (Å²) in [5.41, 5.74) is 4.20. The third-order valence-electron chi connectivity index (χ3n) is 4.87. The Labute approximate surface area is 172 Å². The number of hydrogen-bond acceptors (Lipinski definition) is 5. The highest BCUT2D eigenvalue weighted by Gasteiger charge is 2.27. The zero-order valence-electron chi connectivity index (χ0n) is 16.3. The van der Waals surface area contributed by atoms with E-state index < -0.39 is 0 Å². The molecule has 7 heteroatoms. The van der Waals surface area contributed by atoms with E-state index in [1.54, 1.807) is 11.3 Å². The Bertz CT molecular complexity index is 1160. The van der Waals surface area contributed by atoms with Gasteiger partial charge in [0.05, 0.1) is 15.5 Å². The van der Waals surface area contributed by atoms with Crippen molar-refractivity contribution in [3.05, 3.63) is 53.6 Å². The third-order valence-corrected chi connectivity index (χ3v) is 7.37. The summed E-state index contributed by atoms with van der Waals surface area (Å²) in [6.45, 7) is 8.20. The molecular weight excluding hydrogens is 388 g/mol. The number of carbonyl (C=O) groups is 1. The molecule has 1 atom stereocenters. The summed E-state index contributed by atoms with van der Waals surface area (Å²) in [5.74, 6) is 0.136. The first-order valence-electron chi connectivity index (χ1n) is 9.22. The molecule has 2 heterocycles. The van der Waals surface area contributed by atoms with Gasteiger partial charge >= 0.3 is 0 Å². The van der Waals surface area contributed by atoms with Crippen molar-refractivity contribution >= 4 is 49.9 Å². The number of fused-ring (bicyclic) bond motifs is 3. The van der Waals surface area contributed by atoms with Gasteiger partial charge in [0.1, 0.15) is 0 Å². The van der Waals surface area contributed by atoms with Gasteiger partial charge in [-0.2, -0.15) is 0 Å². The summed E-state index contributed by atoms with van der Waals surface area (Å²) in [7, 11) is 0. The van der Waals surface area contributed by atoms with Crippen LogP contribution in [0.3, 0.4) is 0 Å². The molecule has 0 fully saturated rings. The first-order chi connectivity index (χ1) is 13.5. The van der Waals surface area contributed by atoms with Crippen molar-refractivity contribution in [2.45, 2.75) is 38.1 Å². The van der Waals surface area contributed by atoms with Crippen LogP contribution < -0.4 is 5.32 Å². The molecule has 0 saturated carbocycles. The molecule has 4 rings (SSSR count). The Morgan fingerprint density at radius 1 is 1.11 bits per heavy atom. The van der Waals surface area contributed by atoms with Crippen LogP contribution in [0.25, 0.3) is 15.2 Å². The van der Waals surface area contributed by atoms with Gasteiger partial charge in [0, 0.05) is 5.69 Å². The smallest absolute Gasteiger partial charge is 0.238 e. The average Bonchev–Trinajstić information content (AvgIpc) is 3.22. The first-order valence-corrected chi connectivity index (χ1v) is 10.9. The molecule has 0 saturated heterocycles. The normalized spacial score (nSPS) is 12.8. The number of aryl methyl sites for hydroxylation is 1. The zero-order valence-corrected chi connectivity index (χ0v) is 17.9. The van der Waals surface area contributed by atoms with Crippen LogP contribution in [0.15, 0.2) is 47.6 Å². The molecule has 1 N–H and O–H groups in total. The number of benzene rings is 2. The number of carbonyl (C=O) groups excluding carboxylic acids is 1. The van der Waals surface area contributed by atoms with Crippen molar-refractivity contribution in [1.29, 1.82) is 0 Å². The predicted molar refractivity (Wildman–Crippen MR) is 117 cm³/mol. The molecule has 0 aliphatic heterocycles. The molecule has 0 spiro atoms. The van der Waals surface area contributed by atoms with Crippen molar-refractivity contribution in [3.8, 4) is 0 Å². The van der Waals surface area contributed by atoms with Crippen LogP contribution in [-0.2, 0) is 4.79 Å². The monoisotopic (exact) mass is 410 g/mol. The Hall–Kier alpha value is -2.38. The maximum Gasteiger partial charge on any atom is 0.238 e.